The van der Waals surface area contributed by atoms with Crippen molar-refractivity contribution < 1.29 is 104 Å². The Labute approximate surface area is 433 Å². The van der Waals surface area contributed by atoms with E-state index in [0.29, 0.717) is 0 Å². The van der Waals surface area contributed by atoms with Crippen LogP contribution in [0.3, 0.4) is 0 Å². The number of H-pyrrole nitrogens is 2. The highest BCUT2D eigenvalue weighted by molar-refractivity contribution is 8.08. The minimum atomic E-state index is -5.97. The molecule has 9 heterocycles. The number of anilines is 3. The molecule has 0 spiro atoms. The predicted molar refractivity (Wildman–Crippen MR) is 255 cm³/mol. The van der Waals surface area contributed by atoms with Gasteiger partial charge < -0.3 is 80.3 Å². The van der Waals surface area contributed by atoms with Gasteiger partial charge >= 0.3 is 35.8 Å². The number of aryl methyl sites for hydroxylation is 1. The topological polar surface area (TPSA) is 534 Å². The average Bonchev–Trinajstić information content (AvgIpc) is 4.21. The van der Waals surface area contributed by atoms with Crippen LogP contribution >= 0.6 is 30.2 Å². The van der Waals surface area contributed by atoms with E-state index in [4.69, 9.17) is 70.8 Å². The number of rotatable bonds is 21. The monoisotopic (exact) mass is 1190 g/mol. The highest BCUT2D eigenvalue weighted by atomic mass is 32.5. The number of hydrogen-bond acceptors (Lipinski definition) is 29. The van der Waals surface area contributed by atoms with Crippen LogP contribution in [0.25, 0.3) is 33.5 Å². The van der Waals surface area contributed by atoms with Gasteiger partial charge in [-0.2, -0.15) is 9.29 Å². The number of fused-ring (bicyclic) bond motifs is 3. The summed E-state index contributed by atoms with van der Waals surface area (Å²) >= 11 is 4.91. The van der Waals surface area contributed by atoms with Crippen molar-refractivity contribution in [2.24, 2.45) is 13.0 Å². The van der Waals surface area contributed by atoms with Gasteiger partial charge in [0.2, 0.25) is 17.7 Å². The maximum absolute atomic E-state index is 13.7. The van der Waals surface area contributed by atoms with Crippen molar-refractivity contribution in [2.75, 3.05) is 57.8 Å². The molecule has 0 aliphatic carbocycles. The Balaban J connectivity index is 0.869. The van der Waals surface area contributed by atoms with E-state index in [1.54, 1.807) is 0 Å². The summed E-state index contributed by atoms with van der Waals surface area (Å²) in [5, 5.41) is 33.1. The molecule has 9 rings (SSSR count). The zero-order valence-electron chi connectivity index (χ0n) is 39.6. The minimum absolute atomic E-state index is 0.0212. The summed E-state index contributed by atoms with van der Waals surface area (Å²) in [5.41, 5.74) is 15.9. The molecule has 3 aliphatic heterocycles. The number of nitrogens with zero attached hydrogens (tertiary/aromatic N) is 10. The van der Waals surface area contributed by atoms with Gasteiger partial charge in [0.05, 0.1) is 52.2 Å². The van der Waals surface area contributed by atoms with E-state index in [1.807, 2.05) is 0 Å². The van der Waals surface area contributed by atoms with Crippen LogP contribution in [0.15, 0.2) is 34.9 Å². The molecule has 0 saturated carbocycles. The second-order valence-corrected chi connectivity index (χ2v) is 24.5. The van der Waals surface area contributed by atoms with Gasteiger partial charge in [-0.25, -0.2) is 42.5 Å². The van der Waals surface area contributed by atoms with E-state index in [1.165, 1.54) is 40.5 Å². The van der Waals surface area contributed by atoms with Crippen LogP contribution in [-0.2, 0) is 83.0 Å². The molecule has 0 bridgehead atoms. The van der Waals surface area contributed by atoms with Gasteiger partial charge in [0.25, 0.3) is 17.1 Å². The second kappa shape index (κ2) is 21.7. The SMILES string of the molecule is COC[C@H]1[C@@H](O)[C@H]([n+]2cn(C)c3c(=O)[nH]c(N)nc32)O[C@@H]1COP(O)(=S)OP(=O)(O)OP(=O)(O)OC[C@H]1O[C@@H](n2cnc3c(N)ncnc32)[C@H](OC)[C@@H]1OP(=O)(O)OC[C@H]1O[C@@H](n2cnc3c(=O)[nH]c(N)nc32)[C@H](O)[C@@H]1O. The predicted octanol–water partition coefficient (Wildman–Crippen LogP) is -3.69. The molecular weight excluding hydrogens is 1140 g/mol. The first-order valence-corrected chi connectivity index (χ1v) is 29.1. The molecule has 4 unspecified atom stereocenters. The summed E-state index contributed by atoms with van der Waals surface area (Å²) in [6, 6.07) is 0. The number of aromatic amines is 2. The van der Waals surface area contributed by atoms with Crippen LogP contribution in [0.4, 0.5) is 17.7 Å². The van der Waals surface area contributed by atoms with E-state index in [2.05, 4.69) is 48.5 Å². The number of methoxy groups -OCH3 is 2. The van der Waals surface area contributed by atoms with Crippen molar-refractivity contribution in [3.05, 3.63) is 46.0 Å². The zero-order valence-corrected chi connectivity index (χ0v) is 44.0. The van der Waals surface area contributed by atoms with Crippen molar-refractivity contribution in [3.63, 3.8) is 0 Å². The molecule has 3 fully saturated rings. The van der Waals surface area contributed by atoms with E-state index >= 15 is 0 Å². The first kappa shape index (κ1) is 57.0. The molecule has 0 amide bonds. The van der Waals surface area contributed by atoms with Gasteiger partial charge in [-0.05, 0) is 11.8 Å². The fraction of sp³-hybridized carbons (Fsp3) is 0.559. The Morgan fingerprint density at radius 3 is 2.06 bits per heavy atom. The van der Waals surface area contributed by atoms with Crippen LogP contribution in [0.1, 0.15) is 18.7 Å². The molecule has 3 aliphatic rings. The molecule has 16 atom stereocenters. The summed E-state index contributed by atoms with van der Waals surface area (Å²) in [5.74, 6) is -1.56. The van der Waals surface area contributed by atoms with Crippen LogP contribution in [0.5, 0.6) is 0 Å². The number of imidazole rings is 3. The normalized spacial score (nSPS) is 30.0. The standard InChI is InChI=1S/C34H47N15O23P4S/c1-46-11-49(27-18(46)29(54)45-34(37)43-27)30-19(50)12(4-62-2)13(67-30)5-66-76(61,77)72-75(59,60)71-74(57,58)65-7-15-22(23(63-3)32(69-15)47-9-40-16-24(35)38-8-39-25(16)47)70-73(55,56)64-6-14-20(51)21(52)31(68-14)48-10-41-17-26(48)42-33(36)44-28(17)53/h8-15,19-23,30-32,50-52H,4-7H2,1-3H3,(H11-,35,36,37,38,39,42,43,44,45,53,54,55,56,57,58,59,60,61,77)/p+1/t12-,13-,14-,15-,19-,20-,21-,22-,23-,30-,31-,32-,76?/m1/s1. The molecule has 6 aromatic rings. The quantitative estimate of drug-likeness (QED) is 0.0244. The van der Waals surface area contributed by atoms with Gasteiger partial charge in [0.1, 0.15) is 54.6 Å². The van der Waals surface area contributed by atoms with E-state index in [-0.39, 0.29) is 57.8 Å². The first-order chi connectivity index (χ1) is 36.2. The lowest BCUT2D eigenvalue weighted by Crippen LogP contribution is -2.45. The number of hydrogen-bond donors (Lipinski definition) is 12. The summed E-state index contributed by atoms with van der Waals surface area (Å²) in [7, 11) is -13.3. The van der Waals surface area contributed by atoms with Crippen molar-refractivity contribution in [1.82, 2.24) is 53.6 Å². The summed E-state index contributed by atoms with van der Waals surface area (Å²) in [6.07, 6.45) is -12.4. The number of aromatic nitrogens is 12. The number of phosphoric ester groups is 2. The third kappa shape index (κ3) is 11.7. The molecule has 77 heavy (non-hydrogen) atoms. The van der Waals surface area contributed by atoms with Gasteiger partial charge in [0, 0.05) is 20.1 Å². The highest BCUT2D eigenvalue weighted by Gasteiger charge is 2.54. The van der Waals surface area contributed by atoms with Crippen LogP contribution < -0.4 is 32.9 Å². The average molecular weight is 1190 g/mol. The molecule has 0 aromatic carbocycles. The van der Waals surface area contributed by atoms with Crippen LogP contribution in [0.2, 0.25) is 0 Å². The molecule has 3 saturated heterocycles. The fourth-order valence-electron chi connectivity index (χ4n) is 8.77. The van der Waals surface area contributed by atoms with Crippen LogP contribution in [0, 0.1) is 5.92 Å². The number of nitrogen functional groups attached to an aromatic ring is 3. The van der Waals surface area contributed by atoms with Crippen molar-refractivity contribution in [1.29, 1.82) is 0 Å². The number of nitrogens with two attached hydrogens (primary N) is 3. The molecule has 0 radical (unpaired) electrons. The molecule has 422 valence electrons. The first-order valence-electron chi connectivity index (χ1n) is 22.0. The lowest BCUT2D eigenvalue weighted by molar-refractivity contribution is -0.745. The smallest absolute Gasteiger partial charge is 0.387 e. The maximum atomic E-state index is 13.7. The Morgan fingerprint density at radius 1 is 0.714 bits per heavy atom. The summed E-state index contributed by atoms with van der Waals surface area (Å²) < 4.78 is 104. The van der Waals surface area contributed by atoms with Gasteiger partial charge in [-0.3, -0.25) is 46.8 Å². The van der Waals surface area contributed by atoms with Crippen molar-refractivity contribution >= 4 is 93.2 Å². The Bertz CT molecular complexity index is 3510. The lowest BCUT2D eigenvalue weighted by Gasteiger charge is -2.26. The molecule has 38 nitrogen and oxygen atoms in total. The van der Waals surface area contributed by atoms with E-state index in [0.717, 1.165) is 24.3 Å². The molecular formula is C34H48N15O23P4S+. The van der Waals surface area contributed by atoms with E-state index in [9.17, 15) is 58.2 Å². The number of ether oxygens (including phenoxy) is 5. The number of phosphoric acid groups is 3. The third-order valence-corrected chi connectivity index (χ3v) is 18.3. The summed E-state index contributed by atoms with van der Waals surface area (Å²) in [6.45, 7) is -8.05. The van der Waals surface area contributed by atoms with Gasteiger partial charge in [0.15, 0.2) is 41.4 Å². The van der Waals surface area contributed by atoms with Gasteiger partial charge in [-0.15, -0.1) is 0 Å². The van der Waals surface area contributed by atoms with Crippen molar-refractivity contribution in [2.45, 2.75) is 67.5 Å². The Kier molecular flexibility index (Phi) is 16.1. The highest BCUT2D eigenvalue weighted by Crippen LogP contribution is 2.68. The van der Waals surface area contributed by atoms with E-state index < -0.39 is 135 Å². The van der Waals surface area contributed by atoms with Crippen LogP contribution in [-0.4, -0.2) is 178 Å². The molecule has 15 N–H and O–H groups in total. The minimum Gasteiger partial charge on any atom is -0.387 e. The Morgan fingerprint density at radius 2 is 1.35 bits per heavy atom. The summed E-state index contributed by atoms with van der Waals surface area (Å²) in [4.78, 5) is 97.1. The maximum Gasteiger partial charge on any atom is 0.488 e. The molecule has 6 aromatic heterocycles. The largest absolute Gasteiger partial charge is 0.488 e. The number of aliphatic hydroxyl groups excluding tert-OH is 3. The zero-order chi connectivity index (χ0) is 55.7. The van der Waals surface area contributed by atoms with Crippen molar-refractivity contribution in [3.8, 4) is 0 Å². The number of nitrogens with one attached hydrogen (secondary N) is 2. The fourth-order valence-corrected chi connectivity index (χ4v) is 14.2. The lowest BCUT2D eigenvalue weighted by atomic mass is 9.99. The number of aliphatic hydroxyl groups is 3. The molecule has 43 heteroatoms. The third-order valence-electron chi connectivity index (χ3n) is 12.1. The second-order valence-electron chi connectivity index (χ2n) is 17.1. The Hall–Kier alpha value is -4.73. The van der Waals surface area contributed by atoms with Gasteiger partial charge in [-0.1, -0.05) is 4.98 Å².